The van der Waals surface area contributed by atoms with E-state index < -0.39 is 6.10 Å². The second kappa shape index (κ2) is 6.18. The molecule has 0 aliphatic carbocycles. The van der Waals surface area contributed by atoms with E-state index in [0.29, 0.717) is 6.61 Å². The van der Waals surface area contributed by atoms with Crippen molar-refractivity contribution in [3.8, 4) is 12.0 Å². The van der Waals surface area contributed by atoms with Crippen LogP contribution in [0, 0.1) is 12.0 Å². The van der Waals surface area contributed by atoms with Crippen LogP contribution in [0.2, 0.25) is 0 Å². The lowest BCUT2D eigenvalue weighted by molar-refractivity contribution is 0.270. The summed E-state index contributed by atoms with van der Waals surface area (Å²) in [6.45, 7) is 4.22. The predicted molar refractivity (Wildman–Crippen MR) is 40.2 cm³/mol. The first-order valence-corrected chi connectivity index (χ1v) is 3.24. The van der Waals surface area contributed by atoms with Crippen LogP contribution in [0.4, 0.5) is 0 Å². The molecule has 2 heteroatoms. The minimum absolute atomic E-state index is 0.551. The van der Waals surface area contributed by atoms with Crippen LogP contribution >= 0.6 is 0 Å². The standard InChI is InChI=1S/C8H12O2/c1-3-5-8(9)6-7-10-4-2/h3,5,8-9H,4H2,1-2H3. The molecular formula is C8H12O2. The Labute approximate surface area is 61.5 Å². The van der Waals surface area contributed by atoms with Gasteiger partial charge >= 0.3 is 0 Å². The van der Waals surface area contributed by atoms with Crippen LogP contribution in [0.25, 0.3) is 0 Å². The van der Waals surface area contributed by atoms with Crippen molar-refractivity contribution in [3.63, 3.8) is 0 Å². The molecule has 0 aliphatic heterocycles. The van der Waals surface area contributed by atoms with Crippen molar-refractivity contribution < 1.29 is 9.84 Å². The van der Waals surface area contributed by atoms with Gasteiger partial charge in [0.25, 0.3) is 0 Å². The first kappa shape index (κ1) is 9.06. The van der Waals surface area contributed by atoms with E-state index in [1.54, 1.807) is 12.2 Å². The molecule has 0 aromatic heterocycles. The van der Waals surface area contributed by atoms with E-state index in [1.807, 2.05) is 13.8 Å². The lowest BCUT2D eigenvalue weighted by Gasteiger charge is -1.90. The number of aliphatic hydroxyl groups is 1. The van der Waals surface area contributed by atoms with E-state index in [-0.39, 0.29) is 0 Å². The summed E-state index contributed by atoms with van der Waals surface area (Å²) in [5.74, 6) is 2.48. The highest BCUT2D eigenvalue weighted by Gasteiger charge is 1.86. The van der Waals surface area contributed by atoms with Crippen molar-refractivity contribution in [2.24, 2.45) is 0 Å². The average Bonchev–Trinajstić information content (AvgIpc) is 1.89. The summed E-state index contributed by atoms with van der Waals surface area (Å²) in [6, 6.07) is 0. The molecule has 1 atom stereocenters. The Balaban J connectivity index is 3.57. The molecule has 0 fully saturated rings. The third-order valence-corrected chi connectivity index (χ3v) is 0.798. The van der Waals surface area contributed by atoms with Gasteiger partial charge in [0.1, 0.15) is 12.2 Å². The summed E-state index contributed by atoms with van der Waals surface area (Å²) in [5, 5.41) is 8.94. The zero-order valence-electron chi connectivity index (χ0n) is 6.29. The van der Waals surface area contributed by atoms with Gasteiger partial charge in [-0.05, 0) is 25.8 Å². The number of allylic oxidation sites excluding steroid dienone is 1. The summed E-state index contributed by atoms with van der Waals surface area (Å²) in [4.78, 5) is 0. The molecule has 0 aromatic carbocycles. The first-order chi connectivity index (χ1) is 4.81. The molecular weight excluding hydrogens is 128 g/mol. The average molecular weight is 140 g/mol. The Morgan fingerprint density at radius 1 is 1.70 bits per heavy atom. The Bertz CT molecular complexity index is 150. The van der Waals surface area contributed by atoms with Crippen molar-refractivity contribution >= 4 is 0 Å². The Morgan fingerprint density at radius 2 is 2.40 bits per heavy atom. The van der Waals surface area contributed by atoms with Crippen molar-refractivity contribution in [2.45, 2.75) is 20.0 Å². The van der Waals surface area contributed by atoms with Crippen LogP contribution in [0.3, 0.4) is 0 Å². The van der Waals surface area contributed by atoms with Gasteiger partial charge in [-0.1, -0.05) is 6.08 Å². The quantitative estimate of drug-likeness (QED) is 0.456. The molecule has 56 valence electrons. The van der Waals surface area contributed by atoms with Crippen LogP contribution < -0.4 is 0 Å². The molecule has 1 unspecified atom stereocenters. The van der Waals surface area contributed by atoms with Gasteiger partial charge in [0.2, 0.25) is 0 Å². The minimum atomic E-state index is -0.698. The minimum Gasteiger partial charge on any atom is -0.447 e. The van der Waals surface area contributed by atoms with Crippen LogP contribution in [-0.2, 0) is 4.74 Å². The van der Waals surface area contributed by atoms with E-state index in [2.05, 4.69) is 12.0 Å². The van der Waals surface area contributed by atoms with Gasteiger partial charge in [0.15, 0.2) is 0 Å². The van der Waals surface area contributed by atoms with E-state index in [0.717, 1.165) is 0 Å². The maximum Gasteiger partial charge on any atom is 0.136 e. The molecule has 0 radical (unpaired) electrons. The number of hydrogen-bond acceptors (Lipinski definition) is 2. The predicted octanol–water partition coefficient (Wildman–Crippen LogP) is 0.921. The molecule has 0 aromatic rings. The summed E-state index contributed by atoms with van der Waals surface area (Å²) in [6.07, 6.45) is 5.00. The van der Waals surface area contributed by atoms with Gasteiger partial charge in [-0.25, -0.2) is 0 Å². The smallest absolute Gasteiger partial charge is 0.136 e. The van der Waals surface area contributed by atoms with E-state index in [1.165, 1.54) is 0 Å². The Morgan fingerprint density at radius 3 is 2.90 bits per heavy atom. The van der Waals surface area contributed by atoms with E-state index in [9.17, 15) is 0 Å². The molecule has 0 rings (SSSR count). The van der Waals surface area contributed by atoms with Crippen LogP contribution in [0.5, 0.6) is 0 Å². The van der Waals surface area contributed by atoms with Gasteiger partial charge in [-0.15, -0.1) is 0 Å². The summed E-state index contributed by atoms with van der Waals surface area (Å²) in [5.41, 5.74) is 0. The maximum absolute atomic E-state index is 8.94. The van der Waals surface area contributed by atoms with Crippen molar-refractivity contribution in [3.05, 3.63) is 12.2 Å². The zero-order valence-corrected chi connectivity index (χ0v) is 6.29. The zero-order chi connectivity index (χ0) is 7.82. The molecule has 1 N–H and O–H groups in total. The molecule has 0 saturated carbocycles. The first-order valence-electron chi connectivity index (χ1n) is 3.24. The van der Waals surface area contributed by atoms with Gasteiger partial charge < -0.3 is 9.84 Å². The Hall–Kier alpha value is -0.940. The van der Waals surface area contributed by atoms with E-state index >= 15 is 0 Å². The third kappa shape index (κ3) is 5.20. The van der Waals surface area contributed by atoms with Gasteiger partial charge in [0, 0.05) is 0 Å². The van der Waals surface area contributed by atoms with Gasteiger partial charge in [-0.2, -0.15) is 0 Å². The molecule has 0 aliphatic rings. The molecule has 0 bridgehead atoms. The molecule has 0 heterocycles. The summed E-state index contributed by atoms with van der Waals surface area (Å²) >= 11 is 0. The van der Waals surface area contributed by atoms with Crippen molar-refractivity contribution in [1.29, 1.82) is 0 Å². The van der Waals surface area contributed by atoms with Crippen molar-refractivity contribution in [2.75, 3.05) is 6.61 Å². The monoisotopic (exact) mass is 140 g/mol. The molecule has 0 amide bonds. The number of hydrogen-bond donors (Lipinski definition) is 1. The SMILES string of the molecule is CC=CC(O)C#COCC. The van der Waals surface area contributed by atoms with Gasteiger partial charge in [-0.3, -0.25) is 0 Å². The molecule has 0 saturated heterocycles. The normalized spacial score (nSPS) is 12.3. The fraction of sp³-hybridized carbons (Fsp3) is 0.500. The second-order valence-electron chi connectivity index (χ2n) is 1.65. The van der Waals surface area contributed by atoms with E-state index in [4.69, 9.17) is 9.84 Å². The number of aliphatic hydroxyl groups excluding tert-OH is 1. The summed E-state index contributed by atoms with van der Waals surface area (Å²) < 4.78 is 4.70. The third-order valence-electron chi connectivity index (χ3n) is 0.798. The molecule has 10 heavy (non-hydrogen) atoms. The largest absolute Gasteiger partial charge is 0.447 e. The van der Waals surface area contributed by atoms with Crippen LogP contribution in [-0.4, -0.2) is 17.8 Å². The number of rotatable bonds is 2. The van der Waals surface area contributed by atoms with Crippen LogP contribution in [0.1, 0.15) is 13.8 Å². The highest BCUT2D eigenvalue weighted by Crippen LogP contribution is 1.81. The fourth-order valence-corrected chi connectivity index (χ4v) is 0.405. The molecule has 2 nitrogen and oxygen atoms in total. The van der Waals surface area contributed by atoms with Gasteiger partial charge in [0.05, 0.1) is 6.61 Å². The highest BCUT2D eigenvalue weighted by atomic mass is 16.5. The number of ether oxygens (including phenoxy) is 1. The Kier molecular flexibility index (Phi) is 5.60. The highest BCUT2D eigenvalue weighted by molar-refractivity contribution is 5.08. The maximum atomic E-state index is 8.94. The summed E-state index contributed by atoms with van der Waals surface area (Å²) in [7, 11) is 0. The fourth-order valence-electron chi connectivity index (χ4n) is 0.405. The molecule has 0 spiro atoms. The topological polar surface area (TPSA) is 29.5 Å². The lowest BCUT2D eigenvalue weighted by Crippen LogP contribution is -1.96. The second-order valence-corrected chi connectivity index (χ2v) is 1.65. The lowest BCUT2D eigenvalue weighted by atomic mass is 10.3. The van der Waals surface area contributed by atoms with Crippen LogP contribution in [0.15, 0.2) is 12.2 Å². The van der Waals surface area contributed by atoms with Crippen molar-refractivity contribution in [1.82, 2.24) is 0 Å².